The maximum absolute atomic E-state index is 11.8. The molecule has 0 saturated heterocycles. The number of hydrogen-bond donors (Lipinski definition) is 1. The van der Waals surface area contributed by atoms with Crippen LogP contribution in [0.25, 0.3) is 0 Å². The fraction of sp³-hybridized carbons (Fsp3) is 0.231. The van der Waals surface area contributed by atoms with Gasteiger partial charge in [-0.05, 0) is 37.6 Å². The van der Waals surface area contributed by atoms with Crippen LogP contribution in [0.3, 0.4) is 0 Å². The molecule has 1 aromatic carbocycles. The van der Waals surface area contributed by atoms with Crippen LogP contribution in [0.4, 0.5) is 5.69 Å². The van der Waals surface area contributed by atoms with Gasteiger partial charge < -0.3 is 9.84 Å². The molecule has 0 aliphatic heterocycles. The molecule has 1 aromatic heterocycles. The normalized spacial score (nSPS) is 10.4. The Balaban J connectivity index is 2.03. The number of carbonyl (C=O) groups excluding carboxylic acids is 1. The highest BCUT2D eigenvalue weighted by molar-refractivity contribution is 6.30. The van der Waals surface area contributed by atoms with Crippen molar-refractivity contribution < 1.29 is 9.32 Å². The smallest absolute Gasteiger partial charge is 0.230 e. The summed E-state index contributed by atoms with van der Waals surface area (Å²) in [6.45, 7) is 3.68. The van der Waals surface area contributed by atoms with Crippen molar-refractivity contribution in [2.45, 2.75) is 20.3 Å². The van der Waals surface area contributed by atoms with Gasteiger partial charge in [0.1, 0.15) is 5.76 Å². The molecule has 1 N–H and O–H groups in total. The molecule has 0 radical (unpaired) electrons. The van der Waals surface area contributed by atoms with Crippen LogP contribution in [-0.4, -0.2) is 11.1 Å². The maximum atomic E-state index is 11.8. The molecular weight excluding hydrogens is 252 g/mol. The van der Waals surface area contributed by atoms with Crippen LogP contribution in [0.1, 0.15) is 17.0 Å². The van der Waals surface area contributed by atoms with Crippen LogP contribution in [0, 0.1) is 13.8 Å². The summed E-state index contributed by atoms with van der Waals surface area (Å²) in [5.41, 5.74) is 2.30. The Hall–Kier alpha value is -1.81. The molecular formula is C13H13ClN2O2. The summed E-state index contributed by atoms with van der Waals surface area (Å²) in [6, 6.07) is 7.07. The van der Waals surface area contributed by atoms with E-state index in [2.05, 4.69) is 10.5 Å². The van der Waals surface area contributed by atoms with Crippen LogP contribution in [0.2, 0.25) is 5.02 Å². The molecule has 4 nitrogen and oxygen atoms in total. The van der Waals surface area contributed by atoms with Gasteiger partial charge in [-0.2, -0.15) is 0 Å². The lowest BCUT2D eigenvalue weighted by atomic mass is 10.2. The molecule has 0 atom stereocenters. The zero-order valence-corrected chi connectivity index (χ0v) is 10.9. The number of hydrogen-bond acceptors (Lipinski definition) is 3. The molecule has 5 heteroatoms. The minimum atomic E-state index is -0.131. The largest absolute Gasteiger partial charge is 0.361 e. The van der Waals surface area contributed by atoms with Crippen LogP contribution < -0.4 is 5.32 Å². The molecule has 0 saturated carbocycles. The highest BCUT2D eigenvalue weighted by atomic mass is 35.5. The van der Waals surface area contributed by atoms with Crippen molar-refractivity contribution in [2.75, 3.05) is 5.32 Å². The van der Waals surface area contributed by atoms with E-state index in [0.29, 0.717) is 16.5 Å². The van der Waals surface area contributed by atoms with Gasteiger partial charge in [0.15, 0.2) is 0 Å². The number of benzene rings is 1. The van der Waals surface area contributed by atoms with Crippen molar-refractivity contribution in [2.24, 2.45) is 0 Å². The van der Waals surface area contributed by atoms with Crippen LogP contribution in [-0.2, 0) is 11.2 Å². The monoisotopic (exact) mass is 264 g/mol. The summed E-state index contributed by atoms with van der Waals surface area (Å²) in [5, 5.41) is 7.24. The van der Waals surface area contributed by atoms with Gasteiger partial charge in [0.2, 0.25) is 5.91 Å². The number of halogens is 1. The van der Waals surface area contributed by atoms with Crippen molar-refractivity contribution in [3.05, 3.63) is 46.3 Å². The number of aromatic nitrogens is 1. The lowest BCUT2D eigenvalue weighted by Gasteiger charge is -2.07. The summed E-state index contributed by atoms with van der Waals surface area (Å²) in [5.74, 6) is 0.564. The van der Waals surface area contributed by atoms with Crippen LogP contribution >= 0.6 is 11.6 Å². The summed E-state index contributed by atoms with van der Waals surface area (Å²) in [4.78, 5) is 11.8. The van der Waals surface area contributed by atoms with Gasteiger partial charge in [0.25, 0.3) is 0 Å². The third-order valence-corrected chi connectivity index (χ3v) is 2.72. The minimum Gasteiger partial charge on any atom is -0.361 e. The minimum absolute atomic E-state index is 0.131. The third kappa shape index (κ3) is 3.11. The first-order chi connectivity index (χ1) is 8.54. The molecule has 1 amide bonds. The molecule has 0 aliphatic carbocycles. The zero-order valence-electron chi connectivity index (χ0n) is 10.2. The lowest BCUT2D eigenvalue weighted by molar-refractivity contribution is -0.115. The lowest BCUT2D eigenvalue weighted by Crippen LogP contribution is -2.15. The first-order valence-electron chi connectivity index (χ1n) is 5.53. The summed E-state index contributed by atoms with van der Waals surface area (Å²) >= 11 is 5.85. The van der Waals surface area contributed by atoms with E-state index in [1.54, 1.807) is 31.2 Å². The van der Waals surface area contributed by atoms with Gasteiger partial charge in [-0.3, -0.25) is 4.79 Å². The fourth-order valence-electron chi connectivity index (χ4n) is 1.63. The summed E-state index contributed by atoms with van der Waals surface area (Å²) in [6.07, 6.45) is 0.194. The average Bonchev–Trinajstić information content (AvgIpc) is 2.68. The van der Waals surface area contributed by atoms with E-state index < -0.39 is 0 Å². The molecule has 2 rings (SSSR count). The Morgan fingerprint density at radius 2 is 2.17 bits per heavy atom. The molecule has 2 aromatic rings. The molecule has 0 fully saturated rings. The van der Waals surface area contributed by atoms with Crippen molar-refractivity contribution in [1.82, 2.24) is 5.16 Å². The zero-order chi connectivity index (χ0) is 13.1. The van der Waals surface area contributed by atoms with Gasteiger partial charge in [-0.1, -0.05) is 16.8 Å². The molecule has 0 aliphatic rings. The summed E-state index contributed by atoms with van der Waals surface area (Å²) < 4.78 is 4.91. The highest BCUT2D eigenvalue weighted by Crippen LogP contribution is 2.19. The molecule has 1 heterocycles. The van der Waals surface area contributed by atoms with E-state index in [0.717, 1.165) is 11.3 Å². The quantitative estimate of drug-likeness (QED) is 0.927. The third-order valence-electron chi connectivity index (χ3n) is 2.48. The van der Waals surface area contributed by atoms with Crippen molar-refractivity contribution >= 4 is 23.2 Å². The van der Waals surface area contributed by atoms with Crippen LogP contribution in [0.15, 0.2) is 28.8 Å². The number of nitrogens with zero attached hydrogens (tertiary/aromatic N) is 1. The first-order valence-corrected chi connectivity index (χ1v) is 5.90. The van der Waals surface area contributed by atoms with E-state index in [9.17, 15) is 4.79 Å². The van der Waals surface area contributed by atoms with Gasteiger partial charge in [-0.15, -0.1) is 0 Å². The number of carbonyl (C=O) groups is 1. The second kappa shape index (κ2) is 5.23. The van der Waals surface area contributed by atoms with E-state index in [4.69, 9.17) is 16.1 Å². The first kappa shape index (κ1) is 12.6. The van der Waals surface area contributed by atoms with Crippen molar-refractivity contribution in [3.63, 3.8) is 0 Å². The highest BCUT2D eigenvalue weighted by Gasteiger charge is 2.09. The fourth-order valence-corrected chi connectivity index (χ4v) is 1.85. The molecule has 0 bridgehead atoms. The Labute approximate surface area is 110 Å². The van der Waals surface area contributed by atoms with Crippen LogP contribution in [0.5, 0.6) is 0 Å². The molecule has 0 unspecified atom stereocenters. The van der Waals surface area contributed by atoms with E-state index in [1.807, 2.05) is 6.92 Å². The maximum Gasteiger partial charge on any atom is 0.230 e. The van der Waals surface area contributed by atoms with Gasteiger partial charge >= 0.3 is 0 Å². The SMILES string of the molecule is Cc1cc(CC(=O)Nc2ccc(Cl)cc2C)no1. The van der Waals surface area contributed by atoms with Gasteiger partial charge in [0, 0.05) is 16.8 Å². The van der Waals surface area contributed by atoms with Crippen molar-refractivity contribution in [1.29, 1.82) is 0 Å². The number of amides is 1. The topological polar surface area (TPSA) is 55.1 Å². The number of nitrogens with one attached hydrogen (secondary N) is 1. The predicted molar refractivity (Wildman–Crippen MR) is 69.8 cm³/mol. The van der Waals surface area contributed by atoms with Crippen molar-refractivity contribution in [3.8, 4) is 0 Å². The average molecular weight is 265 g/mol. The Kier molecular flexibility index (Phi) is 3.67. The Morgan fingerprint density at radius 3 is 2.78 bits per heavy atom. The number of anilines is 1. The number of rotatable bonds is 3. The standard InChI is InChI=1S/C13H13ClN2O2/c1-8-5-10(14)3-4-12(8)15-13(17)7-11-6-9(2)18-16-11/h3-6H,7H2,1-2H3,(H,15,17). The number of aryl methyl sites for hydroxylation is 2. The predicted octanol–water partition coefficient (Wildman–Crippen LogP) is 3.13. The Bertz CT molecular complexity index is 578. The second-order valence-electron chi connectivity index (χ2n) is 4.11. The van der Waals surface area contributed by atoms with E-state index in [-0.39, 0.29) is 12.3 Å². The van der Waals surface area contributed by atoms with E-state index >= 15 is 0 Å². The second-order valence-corrected chi connectivity index (χ2v) is 4.55. The molecule has 0 spiro atoms. The van der Waals surface area contributed by atoms with E-state index in [1.165, 1.54) is 0 Å². The molecule has 18 heavy (non-hydrogen) atoms. The molecule has 94 valence electrons. The Morgan fingerprint density at radius 1 is 1.39 bits per heavy atom. The van der Waals surface area contributed by atoms with Gasteiger partial charge in [0.05, 0.1) is 12.1 Å². The van der Waals surface area contributed by atoms with Gasteiger partial charge in [-0.25, -0.2) is 0 Å². The summed E-state index contributed by atoms with van der Waals surface area (Å²) in [7, 11) is 0.